The van der Waals surface area contributed by atoms with Gasteiger partial charge in [-0.05, 0) is 38.5 Å². The lowest BCUT2D eigenvalue weighted by atomic mass is 10.2. The predicted octanol–water partition coefficient (Wildman–Crippen LogP) is 4.96. The van der Waals surface area contributed by atoms with Crippen molar-refractivity contribution in [3.05, 3.63) is 29.0 Å². The average Bonchev–Trinajstić information content (AvgIpc) is 2.66. The van der Waals surface area contributed by atoms with Crippen molar-refractivity contribution >= 4 is 34.2 Å². The van der Waals surface area contributed by atoms with Crippen LogP contribution in [-0.4, -0.2) is 9.55 Å². The maximum Gasteiger partial charge on any atom is 0.127 e. The number of rotatable bonds is 3. The van der Waals surface area contributed by atoms with E-state index in [2.05, 4.69) is 23.4 Å². The highest BCUT2D eigenvalue weighted by Gasteiger charge is 2.18. The summed E-state index contributed by atoms with van der Waals surface area (Å²) in [7, 11) is 0. The van der Waals surface area contributed by atoms with Crippen LogP contribution in [0.3, 0.4) is 0 Å². The van der Waals surface area contributed by atoms with Gasteiger partial charge in [0.15, 0.2) is 0 Å². The number of alkyl halides is 1. The molecule has 0 saturated heterocycles. The van der Waals surface area contributed by atoms with Crippen LogP contribution in [0.1, 0.15) is 44.4 Å². The highest BCUT2D eigenvalue weighted by molar-refractivity contribution is 6.31. The molecule has 17 heavy (non-hydrogen) atoms. The molecule has 2 atom stereocenters. The van der Waals surface area contributed by atoms with Crippen molar-refractivity contribution in [3.8, 4) is 0 Å². The van der Waals surface area contributed by atoms with E-state index >= 15 is 0 Å². The van der Waals surface area contributed by atoms with Gasteiger partial charge in [-0.15, -0.1) is 11.6 Å². The lowest BCUT2D eigenvalue weighted by molar-refractivity contribution is 0.522. The first-order valence-corrected chi connectivity index (χ1v) is 6.67. The Hall–Kier alpha value is -0.730. The minimum absolute atomic E-state index is 0.102. The minimum atomic E-state index is -0.102. The Kier molecular flexibility index (Phi) is 3.64. The topological polar surface area (TPSA) is 17.8 Å². The lowest BCUT2D eigenvalue weighted by Crippen LogP contribution is -2.08. The summed E-state index contributed by atoms with van der Waals surface area (Å²) in [6.45, 7) is 6.29. The molecule has 0 fully saturated rings. The van der Waals surface area contributed by atoms with E-state index in [0.717, 1.165) is 23.3 Å². The molecule has 0 aliphatic carbocycles. The third kappa shape index (κ3) is 2.29. The Balaban J connectivity index is 2.71. The van der Waals surface area contributed by atoms with E-state index in [1.165, 1.54) is 0 Å². The first kappa shape index (κ1) is 12.7. The van der Waals surface area contributed by atoms with Gasteiger partial charge in [-0.2, -0.15) is 0 Å². The van der Waals surface area contributed by atoms with Crippen LogP contribution >= 0.6 is 23.2 Å². The Labute approximate surface area is 112 Å². The quantitative estimate of drug-likeness (QED) is 0.721. The summed E-state index contributed by atoms with van der Waals surface area (Å²) in [6.07, 6.45) is 1.05. The van der Waals surface area contributed by atoms with Gasteiger partial charge < -0.3 is 4.57 Å². The van der Waals surface area contributed by atoms with Crippen LogP contribution in [0.15, 0.2) is 18.2 Å². The van der Waals surface area contributed by atoms with Crippen LogP contribution in [0, 0.1) is 0 Å². The van der Waals surface area contributed by atoms with Gasteiger partial charge in [-0.1, -0.05) is 18.5 Å². The second-order valence-corrected chi connectivity index (χ2v) is 5.44. The molecule has 2 rings (SSSR count). The number of halogens is 2. The maximum absolute atomic E-state index is 6.20. The van der Waals surface area contributed by atoms with Crippen LogP contribution in [0.4, 0.5) is 0 Å². The van der Waals surface area contributed by atoms with Gasteiger partial charge in [0.25, 0.3) is 0 Å². The minimum Gasteiger partial charge on any atom is -0.324 e. The largest absolute Gasteiger partial charge is 0.324 e. The molecule has 2 aromatic rings. The van der Waals surface area contributed by atoms with Crippen LogP contribution in [0.5, 0.6) is 0 Å². The molecule has 0 aliphatic rings. The van der Waals surface area contributed by atoms with Gasteiger partial charge in [0.05, 0.1) is 16.4 Å². The zero-order valence-electron chi connectivity index (χ0n) is 10.2. The van der Waals surface area contributed by atoms with Crippen LogP contribution in [0.2, 0.25) is 5.02 Å². The zero-order valence-corrected chi connectivity index (χ0v) is 11.8. The Morgan fingerprint density at radius 3 is 2.65 bits per heavy atom. The summed E-state index contributed by atoms with van der Waals surface area (Å²) in [4.78, 5) is 4.59. The molecule has 2 nitrogen and oxygen atoms in total. The van der Waals surface area contributed by atoms with Crippen molar-refractivity contribution in [2.45, 2.75) is 38.6 Å². The number of nitrogens with zero attached hydrogens (tertiary/aromatic N) is 2. The van der Waals surface area contributed by atoms with E-state index in [9.17, 15) is 0 Å². The second-order valence-electron chi connectivity index (χ2n) is 4.35. The summed E-state index contributed by atoms with van der Waals surface area (Å²) in [5.41, 5.74) is 2.02. The Bertz CT molecular complexity index is 531. The monoisotopic (exact) mass is 270 g/mol. The summed E-state index contributed by atoms with van der Waals surface area (Å²) < 4.78 is 2.21. The first-order chi connectivity index (χ1) is 8.04. The summed E-state index contributed by atoms with van der Waals surface area (Å²) in [6, 6.07) is 6.18. The summed E-state index contributed by atoms with van der Waals surface area (Å²) in [5.74, 6) is 0.915. The fourth-order valence-electron chi connectivity index (χ4n) is 2.02. The van der Waals surface area contributed by atoms with E-state index in [1.807, 2.05) is 25.1 Å². The van der Waals surface area contributed by atoms with Gasteiger partial charge in [0.2, 0.25) is 0 Å². The average molecular weight is 271 g/mol. The van der Waals surface area contributed by atoms with Crippen molar-refractivity contribution in [2.75, 3.05) is 0 Å². The highest BCUT2D eigenvalue weighted by atomic mass is 35.5. The normalized spacial score (nSPS) is 15.1. The number of hydrogen-bond acceptors (Lipinski definition) is 1. The first-order valence-electron chi connectivity index (χ1n) is 5.86. The van der Waals surface area contributed by atoms with Crippen LogP contribution < -0.4 is 0 Å². The third-order valence-corrected chi connectivity index (χ3v) is 3.50. The van der Waals surface area contributed by atoms with E-state index in [1.54, 1.807) is 0 Å². The molecular formula is C13H16Cl2N2. The number of imidazole rings is 1. The van der Waals surface area contributed by atoms with Gasteiger partial charge >= 0.3 is 0 Å². The Morgan fingerprint density at radius 1 is 1.35 bits per heavy atom. The van der Waals surface area contributed by atoms with Crippen LogP contribution in [-0.2, 0) is 0 Å². The van der Waals surface area contributed by atoms with Gasteiger partial charge in [0, 0.05) is 11.1 Å². The fourth-order valence-corrected chi connectivity index (χ4v) is 2.34. The molecule has 0 amide bonds. The standard InChI is InChI=1S/C13H16Cl2N2/c1-4-8(2)17-12-6-5-10(15)7-11(12)16-13(17)9(3)14/h5-9H,4H2,1-3H3. The molecule has 1 aromatic carbocycles. The SMILES string of the molecule is CCC(C)n1c(C(C)Cl)nc2cc(Cl)ccc21. The van der Waals surface area contributed by atoms with E-state index in [0.29, 0.717) is 11.1 Å². The highest BCUT2D eigenvalue weighted by Crippen LogP contribution is 2.30. The van der Waals surface area contributed by atoms with Crippen molar-refractivity contribution in [2.24, 2.45) is 0 Å². The molecule has 4 heteroatoms. The molecule has 92 valence electrons. The van der Waals surface area contributed by atoms with Crippen molar-refractivity contribution in [1.82, 2.24) is 9.55 Å². The Morgan fingerprint density at radius 2 is 2.06 bits per heavy atom. The number of benzene rings is 1. The number of aromatic nitrogens is 2. The molecule has 1 heterocycles. The molecule has 1 aromatic heterocycles. The zero-order chi connectivity index (χ0) is 12.6. The number of hydrogen-bond donors (Lipinski definition) is 0. The molecule has 2 unspecified atom stereocenters. The van der Waals surface area contributed by atoms with Crippen molar-refractivity contribution in [3.63, 3.8) is 0 Å². The smallest absolute Gasteiger partial charge is 0.127 e. The number of fused-ring (bicyclic) bond motifs is 1. The molecule has 0 saturated carbocycles. The predicted molar refractivity (Wildman–Crippen MR) is 74.0 cm³/mol. The van der Waals surface area contributed by atoms with Crippen molar-refractivity contribution < 1.29 is 0 Å². The van der Waals surface area contributed by atoms with Gasteiger partial charge in [0.1, 0.15) is 5.82 Å². The molecule has 0 N–H and O–H groups in total. The van der Waals surface area contributed by atoms with Gasteiger partial charge in [-0.3, -0.25) is 0 Å². The molecule has 0 bridgehead atoms. The molecule has 0 aliphatic heterocycles. The van der Waals surface area contributed by atoms with E-state index < -0.39 is 0 Å². The van der Waals surface area contributed by atoms with Crippen molar-refractivity contribution in [1.29, 1.82) is 0 Å². The van der Waals surface area contributed by atoms with E-state index in [4.69, 9.17) is 23.2 Å². The van der Waals surface area contributed by atoms with Gasteiger partial charge in [-0.25, -0.2) is 4.98 Å². The lowest BCUT2D eigenvalue weighted by Gasteiger charge is -2.16. The maximum atomic E-state index is 6.20. The third-order valence-electron chi connectivity index (χ3n) is 3.07. The molecular weight excluding hydrogens is 255 g/mol. The summed E-state index contributed by atoms with van der Waals surface area (Å²) >= 11 is 12.2. The summed E-state index contributed by atoms with van der Waals surface area (Å²) in [5, 5.41) is 0.607. The molecule has 0 radical (unpaired) electrons. The second kappa shape index (κ2) is 4.87. The van der Waals surface area contributed by atoms with Crippen LogP contribution in [0.25, 0.3) is 11.0 Å². The molecule has 0 spiro atoms. The van der Waals surface area contributed by atoms with E-state index in [-0.39, 0.29) is 5.38 Å². The fraction of sp³-hybridized carbons (Fsp3) is 0.462.